The number of nitrogens with two attached hydrogens (primary N) is 1. The first kappa shape index (κ1) is 16.5. The summed E-state index contributed by atoms with van der Waals surface area (Å²) in [5, 5.41) is 11.4. The van der Waals surface area contributed by atoms with Crippen LogP contribution >= 0.6 is 11.8 Å². The molecule has 0 aliphatic heterocycles. The molecule has 1 aromatic rings. The van der Waals surface area contributed by atoms with Gasteiger partial charge in [-0.2, -0.15) is 0 Å². The van der Waals surface area contributed by atoms with Crippen molar-refractivity contribution in [3.05, 3.63) is 30.3 Å². The van der Waals surface area contributed by atoms with Gasteiger partial charge in [0.1, 0.15) is 6.04 Å². The summed E-state index contributed by atoms with van der Waals surface area (Å²) in [5.74, 6) is -0.603. The molecule has 0 fully saturated rings. The molecule has 0 unspecified atom stereocenters. The summed E-state index contributed by atoms with van der Waals surface area (Å²) in [7, 11) is 0. The molecule has 1 amide bonds. The van der Waals surface area contributed by atoms with Gasteiger partial charge in [-0.05, 0) is 31.4 Å². The van der Waals surface area contributed by atoms with Crippen molar-refractivity contribution in [2.45, 2.75) is 30.2 Å². The average Bonchev–Trinajstić information content (AvgIpc) is 2.45. The van der Waals surface area contributed by atoms with Gasteiger partial charge in [0.05, 0.1) is 5.75 Å². The van der Waals surface area contributed by atoms with E-state index in [4.69, 9.17) is 10.8 Å². The summed E-state index contributed by atoms with van der Waals surface area (Å²) in [6, 6.07) is 8.93. The topological polar surface area (TPSA) is 92.4 Å². The first-order valence-corrected chi connectivity index (χ1v) is 7.51. The smallest absolute Gasteiger partial charge is 0.320 e. The van der Waals surface area contributed by atoms with Gasteiger partial charge < -0.3 is 16.2 Å². The van der Waals surface area contributed by atoms with Crippen LogP contribution in [0.3, 0.4) is 0 Å². The molecule has 0 aliphatic rings. The van der Waals surface area contributed by atoms with Gasteiger partial charge in [-0.15, -0.1) is 11.8 Å². The van der Waals surface area contributed by atoms with Gasteiger partial charge in [-0.25, -0.2) is 0 Å². The van der Waals surface area contributed by atoms with Crippen LogP contribution in [0.4, 0.5) is 0 Å². The highest BCUT2D eigenvalue weighted by Crippen LogP contribution is 2.16. The number of carbonyl (C=O) groups is 2. The lowest BCUT2D eigenvalue weighted by molar-refractivity contribution is -0.138. The number of nitrogens with one attached hydrogen (secondary N) is 1. The van der Waals surface area contributed by atoms with E-state index < -0.39 is 12.0 Å². The van der Waals surface area contributed by atoms with Crippen molar-refractivity contribution in [1.29, 1.82) is 0 Å². The van der Waals surface area contributed by atoms with E-state index in [1.54, 1.807) is 0 Å². The van der Waals surface area contributed by atoms with Crippen molar-refractivity contribution >= 4 is 23.6 Å². The summed E-state index contributed by atoms with van der Waals surface area (Å²) in [5.41, 5.74) is 5.38. The van der Waals surface area contributed by atoms with E-state index >= 15 is 0 Å². The second-order valence-electron chi connectivity index (χ2n) is 4.39. The summed E-state index contributed by atoms with van der Waals surface area (Å²) in [6.45, 7) is 0.556. The number of thioether (sulfide) groups is 1. The fourth-order valence-electron chi connectivity index (χ4n) is 1.56. The zero-order valence-electron chi connectivity index (χ0n) is 11.2. The van der Waals surface area contributed by atoms with Crippen molar-refractivity contribution in [1.82, 2.24) is 5.32 Å². The third-order valence-corrected chi connectivity index (χ3v) is 3.71. The number of aliphatic carboxylic acids is 1. The molecule has 0 aromatic heterocycles. The Hall–Kier alpha value is -1.53. The number of rotatable bonds is 9. The van der Waals surface area contributed by atoms with Crippen molar-refractivity contribution in [2.75, 3.05) is 12.3 Å². The molecular weight excluding hydrogens is 276 g/mol. The van der Waals surface area contributed by atoms with Gasteiger partial charge in [0.25, 0.3) is 0 Å². The van der Waals surface area contributed by atoms with E-state index in [1.807, 2.05) is 30.3 Å². The molecule has 1 aromatic carbocycles. The summed E-state index contributed by atoms with van der Waals surface area (Å²) in [6.07, 6.45) is 1.87. The Morgan fingerprint density at radius 2 is 1.95 bits per heavy atom. The maximum absolute atomic E-state index is 11.6. The number of hydrogen-bond acceptors (Lipinski definition) is 4. The van der Waals surface area contributed by atoms with Crippen molar-refractivity contribution in [3.8, 4) is 0 Å². The lowest BCUT2D eigenvalue weighted by Gasteiger charge is -2.07. The Morgan fingerprint density at radius 1 is 1.25 bits per heavy atom. The Morgan fingerprint density at radius 3 is 2.60 bits per heavy atom. The average molecular weight is 296 g/mol. The lowest BCUT2D eigenvalue weighted by Crippen LogP contribution is -2.30. The molecule has 6 heteroatoms. The largest absolute Gasteiger partial charge is 0.480 e. The molecule has 0 bridgehead atoms. The highest BCUT2D eigenvalue weighted by molar-refractivity contribution is 8.00. The number of amides is 1. The molecule has 0 aliphatic carbocycles. The monoisotopic (exact) mass is 296 g/mol. The second-order valence-corrected chi connectivity index (χ2v) is 5.44. The number of carboxylic acids is 1. The van der Waals surface area contributed by atoms with Gasteiger partial charge >= 0.3 is 5.97 Å². The number of carboxylic acid groups (broad SMARTS) is 1. The number of unbranched alkanes of at least 4 members (excludes halogenated alkanes) is 1. The van der Waals surface area contributed by atoms with E-state index in [-0.39, 0.29) is 5.91 Å². The summed E-state index contributed by atoms with van der Waals surface area (Å²) >= 11 is 1.49. The van der Waals surface area contributed by atoms with Crippen LogP contribution < -0.4 is 11.1 Å². The predicted octanol–water partition coefficient (Wildman–Crippen LogP) is 1.48. The van der Waals surface area contributed by atoms with E-state index in [0.717, 1.165) is 11.3 Å². The number of carbonyl (C=O) groups excluding carboxylic acids is 1. The zero-order chi connectivity index (χ0) is 14.8. The molecule has 0 radical (unpaired) electrons. The van der Waals surface area contributed by atoms with Crippen molar-refractivity contribution in [3.63, 3.8) is 0 Å². The molecule has 0 spiro atoms. The van der Waals surface area contributed by atoms with Crippen LogP contribution in [0.15, 0.2) is 35.2 Å². The van der Waals surface area contributed by atoms with Gasteiger partial charge in [0.2, 0.25) is 5.91 Å². The molecule has 5 nitrogen and oxygen atoms in total. The van der Waals surface area contributed by atoms with E-state index in [9.17, 15) is 9.59 Å². The minimum absolute atomic E-state index is 0.0126. The van der Waals surface area contributed by atoms with Crippen LogP contribution in [-0.4, -0.2) is 35.3 Å². The minimum Gasteiger partial charge on any atom is -0.480 e. The molecule has 1 atom stereocenters. The molecule has 1 rings (SSSR count). The number of benzene rings is 1. The summed E-state index contributed by atoms with van der Waals surface area (Å²) < 4.78 is 0. The Bertz CT molecular complexity index is 426. The molecule has 0 saturated heterocycles. The molecule has 110 valence electrons. The first-order valence-electron chi connectivity index (χ1n) is 6.52. The van der Waals surface area contributed by atoms with E-state index in [0.29, 0.717) is 25.1 Å². The maximum Gasteiger partial charge on any atom is 0.320 e. The Kier molecular flexibility index (Phi) is 7.75. The molecule has 4 N–H and O–H groups in total. The normalized spacial score (nSPS) is 11.8. The van der Waals surface area contributed by atoms with Crippen LogP contribution in [0.2, 0.25) is 0 Å². The van der Waals surface area contributed by atoms with Gasteiger partial charge in [-0.3, -0.25) is 9.59 Å². The molecule has 20 heavy (non-hydrogen) atoms. The van der Waals surface area contributed by atoms with Crippen LogP contribution in [0.1, 0.15) is 19.3 Å². The standard InChI is InChI=1S/C14H20N2O3S/c15-12(14(18)19)8-4-5-9-16-13(17)10-20-11-6-2-1-3-7-11/h1-3,6-7,12H,4-5,8-10,15H2,(H,16,17)(H,18,19)/t12-/m0/s1. The predicted molar refractivity (Wildman–Crippen MR) is 79.6 cm³/mol. The van der Waals surface area contributed by atoms with Gasteiger partial charge in [0.15, 0.2) is 0 Å². The van der Waals surface area contributed by atoms with Crippen LogP contribution in [-0.2, 0) is 9.59 Å². The molecule has 0 heterocycles. The lowest BCUT2D eigenvalue weighted by atomic mass is 10.1. The SMILES string of the molecule is N[C@@H](CCCCNC(=O)CSc1ccccc1)C(=O)O. The van der Waals surface area contributed by atoms with E-state index in [1.165, 1.54) is 11.8 Å². The fourth-order valence-corrected chi connectivity index (χ4v) is 2.31. The van der Waals surface area contributed by atoms with Crippen LogP contribution in [0, 0.1) is 0 Å². The molecular formula is C14H20N2O3S. The highest BCUT2D eigenvalue weighted by Gasteiger charge is 2.10. The van der Waals surface area contributed by atoms with Crippen molar-refractivity contribution in [2.24, 2.45) is 5.73 Å². The second kappa shape index (κ2) is 9.39. The number of hydrogen-bond donors (Lipinski definition) is 3. The highest BCUT2D eigenvalue weighted by atomic mass is 32.2. The quantitative estimate of drug-likeness (QED) is 0.474. The third kappa shape index (κ3) is 7.16. The van der Waals surface area contributed by atoms with Crippen molar-refractivity contribution < 1.29 is 14.7 Å². The Labute approximate surface area is 122 Å². The van der Waals surface area contributed by atoms with Crippen LogP contribution in [0.25, 0.3) is 0 Å². The maximum atomic E-state index is 11.6. The Balaban J connectivity index is 2.05. The molecule has 0 saturated carbocycles. The summed E-state index contributed by atoms with van der Waals surface area (Å²) in [4.78, 5) is 23.1. The zero-order valence-corrected chi connectivity index (χ0v) is 12.1. The van der Waals surface area contributed by atoms with Gasteiger partial charge in [-0.1, -0.05) is 18.2 Å². The van der Waals surface area contributed by atoms with Gasteiger partial charge in [0, 0.05) is 11.4 Å². The minimum atomic E-state index is -0.978. The van der Waals surface area contributed by atoms with Crippen LogP contribution in [0.5, 0.6) is 0 Å². The third-order valence-electron chi connectivity index (χ3n) is 2.69. The fraction of sp³-hybridized carbons (Fsp3) is 0.429. The first-order chi connectivity index (χ1) is 9.59. The van der Waals surface area contributed by atoms with E-state index in [2.05, 4.69) is 5.32 Å².